The molecule has 0 aliphatic rings. The lowest BCUT2D eigenvalue weighted by Gasteiger charge is -2.14. The minimum atomic E-state index is -4.93. The van der Waals surface area contributed by atoms with Crippen LogP contribution in [-0.4, -0.2) is 43.7 Å². The fraction of sp³-hybridized carbons (Fsp3) is 0.265. The number of alkyl halides is 3. The number of benzene rings is 2. The standard InChI is InChI=1S/C34H30F4N6O3/c1-3-46-33(45)29-21-40-44(32(29)34(36,37)38)31-7-4-6-30(41-31)28-19-25(35)12-10-24(28)9-8-23-11-13-27(18-22(23)2)47-17-5-15-43-16-14-26(20-39)42-43/h4,6-7,10-14,16,18-19,21H,3,5,8-9,15,17H2,1-2H3. The van der Waals surface area contributed by atoms with Gasteiger partial charge in [-0.2, -0.15) is 28.6 Å². The molecular weight excluding hydrogens is 616 g/mol. The van der Waals surface area contributed by atoms with Crippen LogP contribution in [0.3, 0.4) is 0 Å². The molecule has 5 aromatic rings. The highest BCUT2D eigenvalue weighted by Crippen LogP contribution is 2.34. The Balaban J connectivity index is 1.31. The van der Waals surface area contributed by atoms with E-state index < -0.39 is 29.2 Å². The first-order valence-corrected chi connectivity index (χ1v) is 14.8. The van der Waals surface area contributed by atoms with Gasteiger partial charge in [0, 0.05) is 24.7 Å². The number of esters is 1. The van der Waals surface area contributed by atoms with E-state index >= 15 is 0 Å². The van der Waals surface area contributed by atoms with Gasteiger partial charge < -0.3 is 9.47 Å². The highest BCUT2D eigenvalue weighted by Gasteiger charge is 2.41. The SMILES string of the molecule is CCOC(=O)c1cnn(-c2cccc(-c3cc(F)ccc3CCc3ccc(OCCCn4ccc(C#N)n4)cc3C)n2)c1C(F)(F)F. The Morgan fingerprint density at radius 2 is 1.83 bits per heavy atom. The molecule has 0 atom stereocenters. The number of carbonyl (C=O) groups is 1. The van der Waals surface area contributed by atoms with E-state index in [-0.39, 0.29) is 18.1 Å². The predicted octanol–water partition coefficient (Wildman–Crippen LogP) is 6.90. The molecule has 0 amide bonds. The molecule has 3 aromatic heterocycles. The lowest BCUT2D eigenvalue weighted by atomic mass is 9.95. The van der Waals surface area contributed by atoms with Gasteiger partial charge in [-0.25, -0.2) is 18.9 Å². The second-order valence-corrected chi connectivity index (χ2v) is 10.6. The summed E-state index contributed by atoms with van der Waals surface area (Å²) in [6.45, 7) is 4.45. The second-order valence-electron chi connectivity index (χ2n) is 10.6. The van der Waals surface area contributed by atoms with Crippen molar-refractivity contribution in [1.29, 1.82) is 5.26 Å². The highest BCUT2D eigenvalue weighted by atomic mass is 19.4. The van der Waals surface area contributed by atoms with Gasteiger partial charge in [0.15, 0.2) is 17.2 Å². The molecule has 242 valence electrons. The zero-order chi connectivity index (χ0) is 33.6. The van der Waals surface area contributed by atoms with Crippen molar-refractivity contribution in [2.45, 2.75) is 45.8 Å². The average molecular weight is 647 g/mol. The quantitative estimate of drug-likeness (QED) is 0.0825. The molecule has 2 aromatic carbocycles. The molecule has 0 saturated carbocycles. The first-order valence-electron chi connectivity index (χ1n) is 14.8. The topological polar surface area (TPSA) is 108 Å². The number of rotatable bonds is 12. The Kier molecular flexibility index (Phi) is 9.99. The third-order valence-electron chi connectivity index (χ3n) is 7.37. The van der Waals surface area contributed by atoms with E-state index in [1.807, 2.05) is 31.2 Å². The molecule has 0 unspecified atom stereocenters. The zero-order valence-electron chi connectivity index (χ0n) is 25.6. The third kappa shape index (κ3) is 7.84. The highest BCUT2D eigenvalue weighted by molar-refractivity contribution is 5.90. The number of nitriles is 1. The van der Waals surface area contributed by atoms with Gasteiger partial charge in [-0.15, -0.1) is 0 Å². The lowest BCUT2D eigenvalue weighted by Crippen LogP contribution is -2.19. The molecule has 0 radical (unpaired) electrons. The molecule has 0 bridgehead atoms. The Bertz CT molecular complexity index is 1930. The maximum atomic E-state index is 14.5. The molecular formula is C34H30F4N6O3. The number of halogens is 4. The summed E-state index contributed by atoms with van der Waals surface area (Å²) in [7, 11) is 0. The number of ether oxygens (including phenoxy) is 2. The summed E-state index contributed by atoms with van der Waals surface area (Å²) in [5.41, 5.74) is 1.81. The molecule has 3 heterocycles. The summed E-state index contributed by atoms with van der Waals surface area (Å²) in [5, 5.41) is 16.8. The van der Waals surface area contributed by atoms with Crippen molar-refractivity contribution in [3.05, 3.63) is 113 Å². The molecule has 5 rings (SSSR count). The van der Waals surface area contributed by atoms with Crippen LogP contribution in [0.1, 0.15) is 51.8 Å². The fourth-order valence-corrected chi connectivity index (χ4v) is 5.12. The van der Waals surface area contributed by atoms with Crippen LogP contribution >= 0.6 is 0 Å². The first kappa shape index (κ1) is 32.9. The number of hydrogen-bond donors (Lipinski definition) is 0. The fourth-order valence-electron chi connectivity index (χ4n) is 5.12. The van der Waals surface area contributed by atoms with Crippen molar-refractivity contribution in [2.24, 2.45) is 0 Å². The van der Waals surface area contributed by atoms with Crippen LogP contribution in [0.2, 0.25) is 0 Å². The Labute approximate surface area is 268 Å². The summed E-state index contributed by atoms with van der Waals surface area (Å²) in [6.07, 6.45) is -0.564. The maximum absolute atomic E-state index is 14.5. The van der Waals surface area contributed by atoms with Gasteiger partial charge in [-0.05, 0) is 85.8 Å². The van der Waals surface area contributed by atoms with E-state index in [4.69, 9.17) is 14.7 Å². The summed E-state index contributed by atoms with van der Waals surface area (Å²) in [5.74, 6) is -1.14. The molecule has 0 aliphatic carbocycles. The van der Waals surface area contributed by atoms with E-state index in [0.717, 1.165) is 28.6 Å². The van der Waals surface area contributed by atoms with E-state index in [9.17, 15) is 22.4 Å². The van der Waals surface area contributed by atoms with Crippen molar-refractivity contribution in [1.82, 2.24) is 24.5 Å². The van der Waals surface area contributed by atoms with E-state index in [0.29, 0.717) is 48.4 Å². The van der Waals surface area contributed by atoms with E-state index in [2.05, 4.69) is 15.2 Å². The predicted molar refractivity (Wildman–Crippen MR) is 163 cm³/mol. The van der Waals surface area contributed by atoms with Gasteiger partial charge in [-0.3, -0.25) is 4.68 Å². The number of carbonyl (C=O) groups excluding carboxylic acids is 1. The average Bonchev–Trinajstić information content (AvgIpc) is 3.71. The number of pyridine rings is 1. The van der Waals surface area contributed by atoms with Crippen molar-refractivity contribution in [2.75, 3.05) is 13.2 Å². The zero-order valence-corrected chi connectivity index (χ0v) is 25.6. The summed E-state index contributed by atoms with van der Waals surface area (Å²) < 4.78 is 69.6. The van der Waals surface area contributed by atoms with Gasteiger partial charge >= 0.3 is 12.1 Å². The summed E-state index contributed by atoms with van der Waals surface area (Å²) >= 11 is 0. The number of aromatic nitrogens is 5. The molecule has 13 heteroatoms. The molecule has 0 fully saturated rings. The lowest BCUT2D eigenvalue weighted by molar-refractivity contribution is -0.143. The van der Waals surface area contributed by atoms with E-state index in [1.54, 1.807) is 29.1 Å². The molecule has 0 N–H and O–H groups in total. The maximum Gasteiger partial charge on any atom is 0.434 e. The van der Waals surface area contributed by atoms with Gasteiger partial charge in [0.25, 0.3) is 0 Å². The van der Waals surface area contributed by atoms with Crippen LogP contribution in [0, 0.1) is 24.1 Å². The molecule has 47 heavy (non-hydrogen) atoms. The monoisotopic (exact) mass is 646 g/mol. The minimum absolute atomic E-state index is 0.103. The third-order valence-corrected chi connectivity index (χ3v) is 7.37. The van der Waals surface area contributed by atoms with Gasteiger partial charge in [-0.1, -0.05) is 18.2 Å². The number of aryl methyl sites for hydroxylation is 4. The van der Waals surface area contributed by atoms with Crippen LogP contribution in [-0.2, 0) is 30.3 Å². The van der Waals surface area contributed by atoms with Crippen LogP contribution < -0.4 is 4.74 Å². The summed E-state index contributed by atoms with van der Waals surface area (Å²) in [4.78, 5) is 16.6. The molecule has 0 spiro atoms. The Morgan fingerprint density at radius 1 is 1.04 bits per heavy atom. The van der Waals surface area contributed by atoms with E-state index in [1.165, 1.54) is 31.2 Å². The Hall–Kier alpha value is -5.51. The van der Waals surface area contributed by atoms with Crippen molar-refractivity contribution >= 4 is 5.97 Å². The van der Waals surface area contributed by atoms with Gasteiger partial charge in [0.05, 0.1) is 25.1 Å². The van der Waals surface area contributed by atoms with Gasteiger partial charge in [0.2, 0.25) is 0 Å². The largest absolute Gasteiger partial charge is 0.494 e. The normalized spacial score (nSPS) is 11.3. The first-order chi connectivity index (χ1) is 22.6. The smallest absolute Gasteiger partial charge is 0.434 e. The van der Waals surface area contributed by atoms with Crippen LogP contribution in [0.4, 0.5) is 17.6 Å². The second kappa shape index (κ2) is 14.3. The van der Waals surface area contributed by atoms with Crippen molar-refractivity contribution in [3.63, 3.8) is 0 Å². The van der Waals surface area contributed by atoms with Crippen molar-refractivity contribution < 1.29 is 31.8 Å². The van der Waals surface area contributed by atoms with Crippen molar-refractivity contribution in [3.8, 4) is 28.9 Å². The van der Waals surface area contributed by atoms with Crippen LogP contribution in [0.15, 0.2) is 73.1 Å². The van der Waals surface area contributed by atoms with Crippen LogP contribution in [0.25, 0.3) is 17.1 Å². The van der Waals surface area contributed by atoms with Gasteiger partial charge in [0.1, 0.15) is 23.2 Å². The Morgan fingerprint density at radius 3 is 2.55 bits per heavy atom. The summed E-state index contributed by atoms with van der Waals surface area (Å²) in [6, 6.07) is 18.1. The minimum Gasteiger partial charge on any atom is -0.494 e. The number of nitrogens with zero attached hydrogens (tertiary/aromatic N) is 6. The number of hydrogen-bond acceptors (Lipinski definition) is 7. The molecule has 0 saturated heterocycles. The van der Waals surface area contributed by atoms with Crippen LogP contribution in [0.5, 0.6) is 5.75 Å². The molecule has 9 nitrogen and oxygen atoms in total. The molecule has 0 aliphatic heterocycles.